The maximum absolute atomic E-state index is 11.6. The van der Waals surface area contributed by atoms with Crippen molar-refractivity contribution >= 4 is 29.6 Å². The van der Waals surface area contributed by atoms with E-state index in [0.29, 0.717) is 0 Å². The molecule has 0 saturated carbocycles. The molecule has 1 aromatic carbocycles. The van der Waals surface area contributed by atoms with Gasteiger partial charge in [-0.15, -0.1) is 0 Å². The summed E-state index contributed by atoms with van der Waals surface area (Å²) in [6.45, 7) is 0. The standard InChI is InChI=1S/C8H7ClO4S2/c9-15(12,13)8-5-14(10,11)7-4-2-1-3-6(7)8/h1-4,8H,5H2. The molecule has 1 atom stereocenters. The third-order valence-corrected chi connectivity index (χ3v) is 6.08. The molecule has 0 aromatic heterocycles. The third-order valence-electron chi connectivity index (χ3n) is 2.31. The summed E-state index contributed by atoms with van der Waals surface area (Å²) < 4.78 is 45.5. The van der Waals surface area contributed by atoms with E-state index in [1.54, 1.807) is 12.1 Å². The minimum Gasteiger partial charge on any atom is -0.224 e. The maximum atomic E-state index is 11.6. The van der Waals surface area contributed by atoms with E-state index in [2.05, 4.69) is 0 Å². The van der Waals surface area contributed by atoms with Crippen molar-refractivity contribution in [1.29, 1.82) is 0 Å². The molecule has 0 aliphatic carbocycles. The minimum atomic E-state index is -3.89. The van der Waals surface area contributed by atoms with Gasteiger partial charge in [-0.25, -0.2) is 16.8 Å². The zero-order chi connectivity index (χ0) is 11.3. The van der Waals surface area contributed by atoms with Crippen LogP contribution in [0.15, 0.2) is 29.2 Å². The molecule has 1 unspecified atom stereocenters. The SMILES string of the molecule is O=S1(=O)CC(S(=O)(=O)Cl)c2ccccc21. The molecule has 1 aliphatic heterocycles. The first-order chi connectivity index (χ1) is 6.82. The first kappa shape index (κ1) is 10.9. The predicted octanol–water partition coefficient (Wildman–Crippen LogP) is 1.08. The van der Waals surface area contributed by atoms with E-state index in [0.717, 1.165) is 0 Å². The van der Waals surface area contributed by atoms with Gasteiger partial charge in [0.25, 0.3) is 0 Å². The normalized spacial score (nSPS) is 23.7. The Balaban J connectivity index is 2.73. The van der Waals surface area contributed by atoms with Crippen LogP contribution in [-0.4, -0.2) is 22.6 Å². The number of hydrogen-bond donors (Lipinski definition) is 0. The average molecular weight is 267 g/mol. The lowest BCUT2D eigenvalue weighted by molar-refractivity contribution is 0.592. The lowest BCUT2D eigenvalue weighted by Gasteiger charge is -2.03. The van der Waals surface area contributed by atoms with E-state index in [1.807, 2.05) is 0 Å². The molecule has 1 aliphatic rings. The second kappa shape index (κ2) is 3.20. The highest BCUT2D eigenvalue weighted by Crippen LogP contribution is 2.39. The van der Waals surface area contributed by atoms with Gasteiger partial charge in [-0.1, -0.05) is 18.2 Å². The van der Waals surface area contributed by atoms with E-state index in [-0.39, 0.29) is 10.5 Å². The summed E-state index contributed by atoms with van der Waals surface area (Å²) in [4.78, 5) is 0.0687. The van der Waals surface area contributed by atoms with Crippen LogP contribution in [0.5, 0.6) is 0 Å². The molecule has 0 bridgehead atoms. The smallest absolute Gasteiger partial charge is 0.224 e. The van der Waals surface area contributed by atoms with Crippen LogP contribution in [0.25, 0.3) is 0 Å². The van der Waals surface area contributed by atoms with E-state index >= 15 is 0 Å². The van der Waals surface area contributed by atoms with Crippen LogP contribution in [0.4, 0.5) is 0 Å². The van der Waals surface area contributed by atoms with Crippen LogP contribution in [0, 0.1) is 0 Å². The summed E-state index contributed by atoms with van der Waals surface area (Å²) in [6.07, 6.45) is 0. The first-order valence-corrected chi connectivity index (χ1v) is 8.10. The van der Waals surface area contributed by atoms with Crippen molar-refractivity contribution in [2.24, 2.45) is 0 Å². The van der Waals surface area contributed by atoms with Gasteiger partial charge in [0.2, 0.25) is 9.05 Å². The molecule has 0 N–H and O–H groups in total. The molecule has 0 fully saturated rings. The number of sulfone groups is 1. The number of fused-ring (bicyclic) bond motifs is 1. The largest absolute Gasteiger partial charge is 0.240 e. The molecule has 0 amide bonds. The molecule has 15 heavy (non-hydrogen) atoms. The van der Waals surface area contributed by atoms with Crippen LogP contribution in [0.2, 0.25) is 0 Å². The molecule has 7 heteroatoms. The highest BCUT2D eigenvalue weighted by Gasteiger charge is 2.41. The Hall–Kier alpha value is -0.590. The van der Waals surface area contributed by atoms with Crippen LogP contribution >= 0.6 is 10.7 Å². The lowest BCUT2D eigenvalue weighted by Crippen LogP contribution is -2.09. The summed E-state index contributed by atoms with van der Waals surface area (Å²) in [7, 11) is -2.19. The topological polar surface area (TPSA) is 68.3 Å². The van der Waals surface area contributed by atoms with Crippen molar-refractivity contribution in [1.82, 2.24) is 0 Å². The van der Waals surface area contributed by atoms with Gasteiger partial charge in [-0.2, -0.15) is 0 Å². The van der Waals surface area contributed by atoms with E-state index in [9.17, 15) is 16.8 Å². The number of halogens is 1. The monoisotopic (exact) mass is 266 g/mol. The molecule has 1 aromatic rings. The van der Waals surface area contributed by atoms with Gasteiger partial charge in [0, 0.05) is 10.7 Å². The molecule has 82 valence electrons. The summed E-state index contributed by atoms with van der Waals surface area (Å²) in [5.74, 6) is -0.460. The molecular weight excluding hydrogens is 260 g/mol. The van der Waals surface area contributed by atoms with E-state index in [4.69, 9.17) is 10.7 Å². The molecule has 1 heterocycles. The third kappa shape index (κ3) is 1.77. The van der Waals surface area contributed by atoms with Gasteiger partial charge >= 0.3 is 0 Å². The molecule has 0 radical (unpaired) electrons. The molecule has 0 spiro atoms. The Morgan fingerprint density at radius 1 is 1.27 bits per heavy atom. The summed E-state index contributed by atoms with van der Waals surface area (Å²) in [5, 5.41) is -1.14. The summed E-state index contributed by atoms with van der Waals surface area (Å²) >= 11 is 0. The quantitative estimate of drug-likeness (QED) is 0.714. The summed E-state index contributed by atoms with van der Waals surface area (Å²) in [6, 6.07) is 6.02. The summed E-state index contributed by atoms with van der Waals surface area (Å²) in [5.41, 5.74) is 0.271. The second-order valence-corrected chi connectivity index (χ2v) is 8.10. The van der Waals surface area contributed by atoms with E-state index < -0.39 is 29.9 Å². The van der Waals surface area contributed by atoms with Crippen molar-refractivity contribution in [3.63, 3.8) is 0 Å². The fraction of sp³-hybridized carbons (Fsp3) is 0.250. The zero-order valence-electron chi connectivity index (χ0n) is 7.42. The van der Waals surface area contributed by atoms with Crippen molar-refractivity contribution in [2.45, 2.75) is 10.1 Å². The number of benzene rings is 1. The zero-order valence-corrected chi connectivity index (χ0v) is 9.81. The van der Waals surface area contributed by atoms with Crippen molar-refractivity contribution in [3.8, 4) is 0 Å². The van der Waals surface area contributed by atoms with Crippen LogP contribution in [0.3, 0.4) is 0 Å². The van der Waals surface area contributed by atoms with Crippen LogP contribution in [-0.2, 0) is 18.9 Å². The van der Waals surface area contributed by atoms with Crippen molar-refractivity contribution in [2.75, 3.05) is 5.75 Å². The lowest BCUT2D eigenvalue weighted by atomic mass is 10.2. The van der Waals surface area contributed by atoms with Crippen molar-refractivity contribution in [3.05, 3.63) is 29.8 Å². The first-order valence-electron chi connectivity index (χ1n) is 4.07. The maximum Gasteiger partial charge on any atom is 0.240 e. The predicted molar refractivity (Wildman–Crippen MR) is 56.0 cm³/mol. The van der Waals surface area contributed by atoms with E-state index in [1.165, 1.54) is 12.1 Å². The fourth-order valence-corrected chi connectivity index (χ4v) is 5.78. The highest BCUT2D eigenvalue weighted by molar-refractivity contribution is 8.14. The Morgan fingerprint density at radius 3 is 2.47 bits per heavy atom. The Bertz CT molecular complexity index is 603. The van der Waals surface area contributed by atoms with Gasteiger partial charge in [0.05, 0.1) is 10.6 Å². The van der Waals surface area contributed by atoms with Gasteiger partial charge in [-0.3, -0.25) is 0 Å². The minimum absolute atomic E-state index is 0.0687. The number of hydrogen-bond acceptors (Lipinski definition) is 4. The van der Waals surface area contributed by atoms with Crippen molar-refractivity contribution < 1.29 is 16.8 Å². The van der Waals surface area contributed by atoms with Gasteiger partial charge < -0.3 is 0 Å². The Labute approximate surface area is 92.2 Å². The Morgan fingerprint density at radius 2 is 1.87 bits per heavy atom. The van der Waals surface area contributed by atoms with Crippen LogP contribution in [0.1, 0.15) is 10.8 Å². The molecular formula is C8H7ClO4S2. The Kier molecular flexibility index (Phi) is 2.33. The number of rotatable bonds is 1. The molecule has 4 nitrogen and oxygen atoms in total. The molecule has 2 rings (SSSR count). The van der Waals surface area contributed by atoms with Gasteiger partial charge in [-0.05, 0) is 11.6 Å². The van der Waals surface area contributed by atoms with Crippen LogP contribution < -0.4 is 0 Å². The van der Waals surface area contributed by atoms with Gasteiger partial charge in [0.15, 0.2) is 9.84 Å². The van der Waals surface area contributed by atoms with Gasteiger partial charge in [0.1, 0.15) is 5.25 Å². The second-order valence-electron chi connectivity index (χ2n) is 3.28. The molecule has 0 saturated heterocycles. The average Bonchev–Trinajstić information content (AvgIpc) is 2.39. The highest BCUT2D eigenvalue weighted by atomic mass is 35.7. The fourth-order valence-electron chi connectivity index (χ4n) is 1.64.